The molecule has 8 rings (SSSR count). The summed E-state index contributed by atoms with van der Waals surface area (Å²) < 4.78 is 68.6. The van der Waals surface area contributed by atoms with Gasteiger partial charge in [0.05, 0.1) is 33.6 Å². The molecule has 3 aromatic carbocycles. The van der Waals surface area contributed by atoms with Crippen LogP contribution in [0, 0.1) is 11.8 Å². The zero-order valence-corrected chi connectivity index (χ0v) is 42.0. The number of amides is 2. The van der Waals surface area contributed by atoms with Crippen molar-refractivity contribution in [1.29, 1.82) is 0 Å². The molecule has 0 unspecified atom stereocenters. The molecule has 3 aliphatic carbocycles. The highest BCUT2D eigenvalue weighted by molar-refractivity contribution is 6.31. The average Bonchev–Trinajstić information content (AvgIpc) is 3.93. The molecule has 1 spiro atoms. The van der Waals surface area contributed by atoms with Crippen molar-refractivity contribution in [3.05, 3.63) is 124 Å². The second-order valence-electron chi connectivity index (χ2n) is 19.6. The van der Waals surface area contributed by atoms with E-state index in [1.807, 2.05) is 49.6 Å². The number of ether oxygens (including phenoxy) is 4. The van der Waals surface area contributed by atoms with Gasteiger partial charge >= 0.3 is 24.0 Å². The molecule has 0 bridgehead atoms. The predicted molar refractivity (Wildman–Crippen MR) is 265 cm³/mol. The van der Waals surface area contributed by atoms with E-state index in [1.165, 1.54) is 31.4 Å². The number of methoxy groups -OCH3 is 2. The van der Waals surface area contributed by atoms with Crippen LogP contribution in [0.4, 0.5) is 18.9 Å². The van der Waals surface area contributed by atoms with E-state index in [2.05, 4.69) is 29.2 Å². The smallest absolute Gasteiger partial charge is 0.471 e. The Labute approximate surface area is 422 Å². The molecule has 72 heavy (non-hydrogen) atoms. The molecule has 2 amide bonds. The lowest BCUT2D eigenvalue weighted by Gasteiger charge is -2.51. The van der Waals surface area contributed by atoms with Gasteiger partial charge in [0, 0.05) is 53.4 Å². The lowest BCUT2D eigenvalue weighted by molar-refractivity contribution is -0.174. The zero-order valence-electron chi connectivity index (χ0n) is 41.2. The average molecular weight is 1010 g/mol. The van der Waals surface area contributed by atoms with Crippen LogP contribution < -0.4 is 19.7 Å². The fraction of sp³-hybridized carbons (Fsp3) is 0.455. The molecule has 3 aliphatic rings. The summed E-state index contributed by atoms with van der Waals surface area (Å²) in [7, 11) is 4.19. The first-order valence-electron chi connectivity index (χ1n) is 24.5. The number of aromatic nitrogens is 3. The Hall–Kier alpha value is -6.42. The van der Waals surface area contributed by atoms with Crippen molar-refractivity contribution in [1.82, 2.24) is 20.1 Å². The Balaban J connectivity index is 1.02. The standard InChI is InChI=1S/C55H61ClF3N5O8/c1-34(33-72-46-19-24-60-45-15-6-10-35(2)48(45)46)26-40-28-37-17-18-43(71-25-9-16-47(65)62-49(50(66)69-4)38-12-7-11-36(27-38)39-31-61-63(3)32-39)30-44(37)53(40)20-22-54(23-21-53,52(68)70-5)64(51(67)55(57,58)59)42-14-8-13-41(56)29-42/h7-8,11-14,17-19,24,27,29-32,34-35,40,49H,6,9-10,15-16,20-23,25-26,28,33H2,1-5H3,(H,62,65)/t34-,35-,40+,49-,53?,54?/m1/s1. The number of esters is 2. The summed E-state index contributed by atoms with van der Waals surface area (Å²) in [5, 5.41) is 7.15. The molecule has 17 heteroatoms. The Kier molecular flexibility index (Phi) is 15.7. The van der Waals surface area contributed by atoms with Crippen LogP contribution in [0.1, 0.15) is 112 Å². The molecular weight excluding hydrogens is 951 g/mol. The fourth-order valence-electron chi connectivity index (χ4n) is 11.4. The maximum Gasteiger partial charge on any atom is 0.471 e. The molecule has 13 nitrogen and oxygen atoms in total. The second-order valence-corrected chi connectivity index (χ2v) is 20.1. The molecule has 1 saturated carbocycles. The Bertz CT molecular complexity index is 2790. The van der Waals surface area contributed by atoms with Gasteiger partial charge in [-0.05, 0) is 152 Å². The van der Waals surface area contributed by atoms with Crippen LogP contribution >= 0.6 is 11.6 Å². The van der Waals surface area contributed by atoms with E-state index in [0.717, 1.165) is 65.6 Å². The Morgan fingerprint density at radius 2 is 1.74 bits per heavy atom. The third-order valence-corrected chi connectivity index (χ3v) is 15.2. The van der Waals surface area contributed by atoms with Crippen LogP contribution in [-0.4, -0.2) is 77.7 Å². The molecule has 2 heterocycles. The molecule has 0 saturated heterocycles. The van der Waals surface area contributed by atoms with Crippen molar-refractivity contribution in [2.24, 2.45) is 18.9 Å². The third-order valence-electron chi connectivity index (χ3n) is 14.9. The number of rotatable bonds is 17. The van der Waals surface area contributed by atoms with Crippen molar-refractivity contribution >= 4 is 41.0 Å². The molecule has 0 radical (unpaired) electrons. The summed E-state index contributed by atoms with van der Waals surface area (Å²) in [6.45, 7) is 4.93. The fourth-order valence-corrected chi connectivity index (χ4v) is 11.6. The van der Waals surface area contributed by atoms with E-state index in [-0.39, 0.29) is 67.2 Å². The predicted octanol–water partition coefficient (Wildman–Crippen LogP) is 10.4. The van der Waals surface area contributed by atoms with E-state index in [0.29, 0.717) is 48.0 Å². The van der Waals surface area contributed by atoms with E-state index in [1.54, 1.807) is 29.2 Å². The monoisotopic (exact) mass is 1010 g/mol. The minimum absolute atomic E-state index is 0.0169. The number of halogens is 4. The minimum atomic E-state index is -5.31. The maximum atomic E-state index is 14.6. The van der Waals surface area contributed by atoms with Crippen LogP contribution in [0.25, 0.3) is 11.1 Å². The van der Waals surface area contributed by atoms with Gasteiger partial charge in [-0.25, -0.2) is 9.59 Å². The number of pyridine rings is 1. The van der Waals surface area contributed by atoms with Gasteiger partial charge in [0.25, 0.3) is 0 Å². The van der Waals surface area contributed by atoms with Crippen LogP contribution in [0.15, 0.2) is 91.4 Å². The highest BCUT2D eigenvalue weighted by Crippen LogP contribution is 2.58. The van der Waals surface area contributed by atoms with Gasteiger partial charge in [0.2, 0.25) is 5.91 Å². The normalized spacial score (nSPS) is 21.2. The number of anilines is 1. The van der Waals surface area contributed by atoms with E-state index in [9.17, 15) is 32.3 Å². The molecule has 4 atom stereocenters. The maximum absolute atomic E-state index is 14.6. The quantitative estimate of drug-likeness (QED) is 0.0704. The van der Waals surface area contributed by atoms with Crippen molar-refractivity contribution in [2.75, 3.05) is 32.3 Å². The number of alkyl halides is 3. The number of fused-ring (bicyclic) bond motifs is 3. The summed E-state index contributed by atoms with van der Waals surface area (Å²) in [5.74, 6) is -2.38. The number of benzene rings is 3. The summed E-state index contributed by atoms with van der Waals surface area (Å²) in [5.41, 5.74) is 3.69. The van der Waals surface area contributed by atoms with E-state index in [4.69, 9.17) is 30.5 Å². The summed E-state index contributed by atoms with van der Waals surface area (Å²) in [6.07, 6.45) is 5.07. The number of carbonyl (C=O) groups is 4. The highest BCUT2D eigenvalue weighted by Gasteiger charge is 2.60. The van der Waals surface area contributed by atoms with E-state index < -0.39 is 41.0 Å². The van der Waals surface area contributed by atoms with Crippen molar-refractivity contribution in [3.8, 4) is 22.6 Å². The van der Waals surface area contributed by atoms with Crippen LogP contribution in [0.2, 0.25) is 5.02 Å². The molecular formula is C55H61ClF3N5O8. The number of hydrogen-bond acceptors (Lipinski definition) is 10. The molecule has 1 fully saturated rings. The van der Waals surface area contributed by atoms with Crippen molar-refractivity contribution < 1.29 is 51.3 Å². The summed E-state index contributed by atoms with van der Waals surface area (Å²) >= 11 is 6.29. The number of nitrogens with one attached hydrogen (secondary N) is 1. The molecule has 2 aromatic heterocycles. The highest BCUT2D eigenvalue weighted by atomic mass is 35.5. The molecule has 0 aliphatic heterocycles. The van der Waals surface area contributed by atoms with Crippen LogP contribution in [0.3, 0.4) is 0 Å². The van der Waals surface area contributed by atoms with Crippen LogP contribution in [-0.2, 0) is 54.0 Å². The van der Waals surface area contributed by atoms with Crippen molar-refractivity contribution in [2.45, 2.75) is 114 Å². The van der Waals surface area contributed by atoms with Crippen LogP contribution in [0.5, 0.6) is 11.5 Å². The Morgan fingerprint density at radius 3 is 2.44 bits per heavy atom. The number of aryl methyl sites for hydroxylation is 2. The first kappa shape index (κ1) is 51.9. The largest absolute Gasteiger partial charge is 0.494 e. The first-order chi connectivity index (χ1) is 34.5. The molecule has 382 valence electrons. The molecule has 1 N–H and O–H groups in total. The third kappa shape index (κ3) is 10.8. The second kappa shape index (κ2) is 21.7. The lowest BCUT2D eigenvalue weighted by atomic mass is 9.59. The van der Waals surface area contributed by atoms with E-state index >= 15 is 0 Å². The van der Waals surface area contributed by atoms with Gasteiger partial charge in [0.15, 0.2) is 6.04 Å². The van der Waals surface area contributed by atoms with Gasteiger partial charge in [-0.2, -0.15) is 18.3 Å². The van der Waals surface area contributed by atoms with Gasteiger partial charge in [-0.3, -0.25) is 24.2 Å². The van der Waals surface area contributed by atoms with Gasteiger partial charge in [0.1, 0.15) is 17.0 Å². The first-order valence-corrected chi connectivity index (χ1v) is 24.9. The SMILES string of the molecule is COC(=O)[C@H](NC(=O)CCCOc1ccc2c(c1)C1(CCC(C(=O)OC)(N(C(=O)C(F)(F)F)c3cccc(Cl)c3)CC1)[C@@H](C[C@@H](C)COc1ccnc3c1[C@H](C)CCC3)C2)c1cccc(-c2cnn(C)c2)c1. The number of nitrogens with zero attached hydrogens (tertiary/aromatic N) is 4. The topological polar surface area (TPSA) is 151 Å². The number of hydrogen-bond donors (Lipinski definition) is 1. The van der Waals surface area contributed by atoms with Gasteiger partial charge in [-0.15, -0.1) is 0 Å². The Morgan fingerprint density at radius 1 is 0.958 bits per heavy atom. The summed E-state index contributed by atoms with van der Waals surface area (Å²) in [6, 6.07) is 19.5. The number of carbonyl (C=O) groups excluding carboxylic acids is 4. The summed E-state index contributed by atoms with van der Waals surface area (Å²) in [4.78, 5) is 59.1. The lowest BCUT2D eigenvalue weighted by Crippen LogP contribution is -2.63. The van der Waals surface area contributed by atoms with Crippen molar-refractivity contribution in [3.63, 3.8) is 0 Å². The van der Waals surface area contributed by atoms with Gasteiger partial charge < -0.3 is 24.3 Å². The molecule has 5 aromatic rings. The minimum Gasteiger partial charge on any atom is -0.494 e. The van der Waals surface area contributed by atoms with Gasteiger partial charge in [-0.1, -0.05) is 55.8 Å². The zero-order chi connectivity index (χ0) is 51.4.